The average Bonchev–Trinajstić information content (AvgIpc) is 2.82. The van der Waals surface area contributed by atoms with Gasteiger partial charge in [0.25, 0.3) is 0 Å². The van der Waals surface area contributed by atoms with Crippen molar-refractivity contribution < 1.29 is 23.1 Å². The zero-order chi connectivity index (χ0) is 18.1. The van der Waals surface area contributed by atoms with E-state index in [1.165, 1.54) is 37.1 Å². The van der Waals surface area contributed by atoms with Crippen LogP contribution >= 0.6 is 11.8 Å². The average molecular weight is 371 g/mol. The van der Waals surface area contributed by atoms with Crippen molar-refractivity contribution in [2.75, 3.05) is 12.9 Å². The van der Waals surface area contributed by atoms with E-state index in [4.69, 9.17) is 4.74 Å². The Morgan fingerprint density at radius 2 is 2.08 bits per heavy atom. The lowest BCUT2D eigenvalue weighted by atomic mass is 10.0. The molecule has 0 unspecified atom stereocenters. The minimum Gasteiger partial charge on any atom is -0.508 e. The van der Waals surface area contributed by atoms with E-state index in [2.05, 4.69) is 4.99 Å². The summed E-state index contributed by atoms with van der Waals surface area (Å²) in [5.41, 5.74) is 0.470. The summed E-state index contributed by atoms with van der Waals surface area (Å²) in [5.74, 6) is -0.411. The molecule has 0 fully saturated rings. The third-order valence-electron chi connectivity index (χ3n) is 3.87. The number of rotatable bonds is 5. The maximum absolute atomic E-state index is 12.0. The predicted molar refractivity (Wildman–Crippen MR) is 94.4 cm³/mol. The molecule has 0 spiro atoms. The van der Waals surface area contributed by atoms with Crippen molar-refractivity contribution in [3.05, 3.63) is 23.8 Å². The van der Waals surface area contributed by atoms with E-state index in [-0.39, 0.29) is 22.8 Å². The molecular formula is C16H21NO5S2. The molecule has 24 heavy (non-hydrogen) atoms. The standard InChI is InChI=1S/C16H21NO5S2/c1-5-24(20,21)11-6-7-12(18)10(8-11)9-13-17-14(15(19)22-4)16(2,3)23-13/h6-8,14,18H,5,9H2,1-4H3/t14-/m0/s1. The van der Waals surface area contributed by atoms with Crippen LogP contribution in [0.1, 0.15) is 26.3 Å². The van der Waals surface area contributed by atoms with Crippen LogP contribution < -0.4 is 0 Å². The molecule has 0 aliphatic carbocycles. The van der Waals surface area contributed by atoms with E-state index in [0.29, 0.717) is 10.6 Å². The van der Waals surface area contributed by atoms with Gasteiger partial charge in [0.2, 0.25) is 0 Å². The second-order valence-electron chi connectivity index (χ2n) is 6.02. The summed E-state index contributed by atoms with van der Waals surface area (Å²) >= 11 is 1.43. The first-order chi connectivity index (χ1) is 11.1. The Bertz CT molecular complexity index is 784. The summed E-state index contributed by atoms with van der Waals surface area (Å²) in [6.07, 6.45) is 0.264. The van der Waals surface area contributed by atoms with Crippen molar-refractivity contribution in [2.24, 2.45) is 4.99 Å². The summed E-state index contributed by atoms with van der Waals surface area (Å²) in [4.78, 5) is 16.4. The van der Waals surface area contributed by atoms with Gasteiger partial charge in [-0.25, -0.2) is 13.2 Å². The van der Waals surface area contributed by atoms with Crippen LogP contribution in [0.25, 0.3) is 0 Å². The van der Waals surface area contributed by atoms with Gasteiger partial charge in [0.1, 0.15) is 5.75 Å². The molecule has 1 aliphatic heterocycles. The Balaban J connectivity index is 2.32. The number of aromatic hydroxyl groups is 1. The first-order valence-corrected chi connectivity index (χ1v) is 9.95. The number of esters is 1. The third-order valence-corrected chi connectivity index (χ3v) is 6.84. The molecule has 0 radical (unpaired) electrons. The van der Waals surface area contributed by atoms with Crippen LogP contribution in [0.5, 0.6) is 5.75 Å². The molecule has 1 atom stereocenters. The summed E-state index contributed by atoms with van der Waals surface area (Å²) in [5, 5.41) is 10.7. The van der Waals surface area contributed by atoms with Crippen LogP contribution in [0, 0.1) is 0 Å². The lowest BCUT2D eigenvalue weighted by Gasteiger charge is -2.21. The molecule has 1 aromatic carbocycles. The number of nitrogens with zero attached hydrogens (tertiary/aromatic N) is 1. The van der Waals surface area contributed by atoms with E-state index < -0.39 is 26.6 Å². The smallest absolute Gasteiger partial charge is 0.332 e. The van der Waals surface area contributed by atoms with Crippen molar-refractivity contribution >= 4 is 32.6 Å². The monoisotopic (exact) mass is 371 g/mol. The van der Waals surface area contributed by atoms with E-state index >= 15 is 0 Å². The summed E-state index contributed by atoms with van der Waals surface area (Å²) in [7, 11) is -2.03. The van der Waals surface area contributed by atoms with Gasteiger partial charge in [0.15, 0.2) is 15.9 Å². The van der Waals surface area contributed by atoms with Crippen molar-refractivity contribution in [1.82, 2.24) is 0 Å². The van der Waals surface area contributed by atoms with Gasteiger partial charge in [0.05, 0.1) is 22.8 Å². The van der Waals surface area contributed by atoms with Crippen LogP contribution in [-0.2, 0) is 25.8 Å². The maximum atomic E-state index is 12.0. The Morgan fingerprint density at radius 3 is 2.67 bits per heavy atom. The number of carbonyl (C=O) groups is 1. The number of benzene rings is 1. The highest BCUT2D eigenvalue weighted by Crippen LogP contribution is 2.40. The zero-order valence-corrected chi connectivity index (χ0v) is 15.7. The van der Waals surface area contributed by atoms with E-state index in [0.717, 1.165) is 0 Å². The first-order valence-electron chi connectivity index (χ1n) is 7.49. The predicted octanol–water partition coefficient (Wildman–Crippen LogP) is 2.19. The molecule has 1 heterocycles. The number of phenolic OH excluding ortho intramolecular Hbond substituents is 1. The highest BCUT2D eigenvalue weighted by atomic mass is 32.2. The Morgan fingerprint density at radius 1 is 1.42 bits per heavy atom. The number of sulfone groups is 1. The van der Waals surface area contributed by atoms with Gasteiger partial charge in [-0.2, -0.15) is 0 Å². The quantitative estimate of drug-likeness (QED) is 0.798. The number of carbonyl (C=O) groups excluding carboxylic acids is 1. The number of thioether (sulfide) groups is 1. The van der Waals surface area contributed by atoms with Crippen LogP contribution in [0.2, 0.25) is 0 Å². The third kappa shape index (κ3) is 3.75. The minimum atomic E-state index is -3.35. The lowest BCUT2D eigenvalue weighted by Crippen LogP contribution is -2.35. The Hall–Kier alpha value is -1.54. The number of phenols is 1. The number of aliphatic imine (C=N–C) groups is 1. The highest BCUT2D eigenvalue weighted by molar-refractivity contribution is 8.15. The maximum Gasteiger partial charge on any atom is 0.332 e. The van der Waals surface area contributed by atoms with Gasteiger partial charge in [-0.15, -0.1) is 11.8 Å². The van der Waals surface area contributed by atoms with Gasteiger partial charge >= 0.3 is 5.97 Å². The second-order valence-corrected chi connectivity index (χ2v) is 10.0. The van der Waals surface area contributed by atoms with Gasteiger partial charge < -0.3 is 9.84 Å². The fraction of sp³-hybridized carbons (Fsp3) is 0.500. The van der Waals surface area contributed by atoms with Gasteiger partial charge in [-0.1, -0.05) is 6.92 Å². The SMILES string of the molecule is CCS(=O)(=O)c1ccc(O)c(CC2=N[C@@H](C(=O)OC)C(C)(C)S2)c1. The van der Waals surface area contributed by atoms with E-state index in [1.54, 1.807) is 6.92 Å². The van der Waals surface area contributed by atoms with Gasteiger partial charge in [-0.05, 0) is 32.0 Å². The van der Waals surface area contributed by atoms with Gasteiger partial charge in [0, 0.05) is 16.7 Å². The molecule has 1 aliphatic rings. The summed E-state index contributed by atoms with van der Waals surface area (Å²) in [6.45, 7) is 5.36. The molecule has 1 aromatic rings. The fourth-order valence-corrected chi connectivity index (χ4v) is 4.63. The largest absolute Gasteiger partial charge is 0.508 e. The molecule has 0 aromatic heterocycles. The second kappa shape index (κ2) is 6.76. The van der Waals surface area contributed by atoms with Crippen LogP contribution in [0.15, 0.2) is 28.1 Å². The Kier molecular flexibility index (Phi) is 5.29. The molecular weight excluding hydrogens is 350 g/mol. The summed E-state index contributed by atoms with van der Waals surface area (Å²) in [6, 6.07) is 3.62. The number of ether oxygens (including phenoxy) is 1. The van der Waals surface area contributed by atoms with Crippen molar-refractivity contribution in [2.45, 2.75) is 42.9 Å². The van der Waals surface area contributed by atoms with Crippen molar-refractivity contribution in [3.8, 4) is 5.75 Å². The molecule has 0 amide bonds. The Labute approximate surface area is 146 Å². The molecule has 1 N–H and O–H groups in total. The van der Waals surface area contributed by atoms with Crippen LogP contribution in [-0.4, -0.2) is 48.2 Å². The van der Waals surface area contributed by atoms with Crippen molar-refractivity contribution in [3.63, 3.8) is 0 Å². The highest BCUT2D eigenvalue weighted by Gasteiger charge is 2.42. The van der Waals surface area contributed by atoms with Crippen LogP contribution in [0.3, 0.4) is 0 Å². The topological polar surface area (TPSA) is 93.0 Å². The van der Waals surface area contributed by atoms with Crippen molar-refractivity contribution in [1.29, 1.82) is 0 Å². The molecule has 0 bridgehead atoms. The molecule has 0 saturated carbocycles. The number of hydrogen-bond donors (Lipinski definition) is 1. The van der Waals surface area contributed by atoms with E-state index in [9.17, 15) is 18.3 Å². The molecule has 132 valence electrons. The molecule has 0 saturated heterocycles. The van der Waals surface area contributed by atoms with E-state index in [1.807, 2.05) is 13.8 Å². The zero-order valence-electron chi connectivity index (χ0n) is 14.1. The van der Waals surface area contributed by atoms with Crippen LogP contribution in [0.4, 0.5) is 0 Å². The molecule has 6 nitrogen and oxygen atoms in total. The van der Waals surface area contributed by atoms with Gasteiger partial charge in [-0.3, -0.25) is 4.99 Å². The minimum absolute atomic E-state index is 0.00711. The number of methoxy groups -OCH3 is 1. The molecule has 2 rings (SSSR count). The fourth-order valence-electron chi connectivity index (χ4n) is 2.44. The normalized spacial score (nSPS) is 19.8. The first kappa shape index (κ1) is 18.8. The number of hydrogen-bond acceptors (Lipinski definition) is 7. The molecule has 8 heteroatoms. The summed E-state index contributed by atoms with van der Waals surface area (Å²) < 4.78 is 28.3. The lowest BCUT2D eigenvalue weighted by molar-refractivity contribution is -0.142.